The Morgan fingerprint density at radius 2 is 0.510 bits per heavy atom. The van der Waals surface area contributed by atoms with Gasteiger partial charge in [0.2, 0.25) is 17.7 Å². The molecule has 10 rings (SSSR count). The number of carbonyl (C=O) groups excluding carboxylic acids is 6. The molecule has 1 aliphatic heterocycles. The maximum absolute atomic E-state index is 13.5. The van der Waals surface area contributed by atoms with Crippen molar-refractivity contribution < 1.29 is 71.4 Å². The second kappa shape index (κ2) is 41.9. The molecule has 102 heavy (non-hydrogen) atoms. The number of benzene rings is 6. The van der Waals surface area contributed by atoms with Gasteiger partial charge in [0.05, 0.1) is 98.9 Å². The molecule has 7 N–H and O–H groups in total. The summed E-state index contributed by atoms with van der Waals surface area (Å²) in [5.74, 6) is -0.576. The van der Waals surface area contributed by atoms with E-state index in [0.717, 1.165) is 44.5 Å². The lowest BCUT2D eigenvalue weighted by molar-refractivity contribution is -0.124. The molecule has 0 spiro atoms. The number of nitrogens with zero attached hydrogens (tertiary/aromatic N) is 3. The smallest absolute Gasteiger partial charge is 0.407 e. The molecule has 25 nitrogen and oxygen atoms in total. The summed E-state index contributed by atoms with van der Waals surface area (Å²) >= 11 is 0. The Balaban J connectivity index is 0.578. The minimum Gasteiger partial charge on any atom is -0.449 e. The third-order valence-electron chi connectivity index (χ3n) is 18.2. The second-order valence-corrected chi connectivity index (χ2v) is 25.1. The summed E-state index contributed by atoms with van der Waals surface area (Å²) in [5.41, 5.74) is 13.9. The molecule has 0 bridgehead atoms. The fraction of sp³-hybridized carbons (Fsp3) is 0.455. The lowest BCUT2D eigenvalue weighted by Gasteiger charge is -2.31. The fourth-order valence-electron chi connectivity index (χ4n) is 13.1. The maximum Gasteiger partial charge on any atom is 0.407 e. The van der Waals surface area contributed by atoms with E-state index in [1.807, 2.05) is 77.7 Å². The van der Waals surface area contributed by atoms with Gasteiger partial charge < -0.3 is 79.8 Å². The predicted octanol–water partition coefficient (Wildman–Crippen LogP) is 5.56. The molecule has 25 heteroatoms. The van der Waals surface area contributed by atoms with E-state index in [9.17, 15) is 28.8 Å². The SMILES string of the molecule is O=C(CN1CCNCCN(CC(=O)NCCOCCOCCNC(=O)OCC2c3ccccc3-c3ccccc32)CCN(CC(=O)NCCOCCOCCNC(=O)OCC2c3ccccc3-c3ccccc32)CC1)NCCOCCOCCNC(=O)OCC1c2ccccc2-c2ccccc21. The first-order valence-corrected chi connectivity index (χ1v) is 35.6. The average molecular weight is 1400 g/mol. The van der Waals surface area contributed by atoms with Crippen LogP contribution in [-0.2, 0) is 57.0 Å². The van der Waals surface area contributed by atoms with Crippen LogP contribution < -0.4 is 37.2 Å². The summed E-state index contributed by atoms with van der Waals surface area (Å²) in [6, 6.07) is 49.2. The summed E-state index contributed by atoms with van der Waals surface area (Å²) in [7, 11) is 0. The zero-order valence-electron chi connectivity index (χ0n) is 58.2. The zero-order chi connectivity index (χ0) is 70.8. The first kappa shape index (κ1) is 75.8. The highest BCUT2D eigenvalue weighted by atomic mass is 16.6. The number of alkyl carbamates (subject to hydrolysis) is 3. The summed E-state index contributed by atoms with van der Waals surface area (Å²) in [6.45, 7) is 10.6. The van der Waals surface area contributed by atoms with Gasteiger partial charge in [-0.15, -0.1) is 0 Å². The molecule has 0 atom stereocenters. The number of carbonyl (C=O) groups is 6. The van der Waals surface area contributed by atoms with Crippen molar-refractivity contribution in [3.05, 3.63) is 179 Å². The van der Waals surface area contributed by atoms with E-state index in [2.05, 4.69) is 120 Å². The van der Waals surface area contributed by atoms with E-state index >= 15 is 0 Å². The predicted molar refractivity (Wildman–Crippen MR) is 385 cm³/mol. The van der Waals surface area contributed by atoms with Crippen LogP contribution in [0.3, 0.4) is 0 Å². The molecule has 0 aromatic heterocycles. The van der Waals surface area contributed by atoms with E-state index in [-0.39, 0.29) is 141 Å². The minimum absolute atomic E-state index is 0.0211. The topological polar surface area (TPSA) is 279 Å². The lowest BCUT2D eigenvalue weighted by Crippen LogP contribution is -2.50. The van der Waals surface area contributed by atoms with Gasteiger partial charge in [0, 0.05) is 109 Å². The van der Waals surface area contributed by atoms with Crippen LogP contribution in [0, 0.1) is 0 Å². The Hall–Kier alpha value is -8.86. The number of nitrogens with one attached hydrogen (secondary N) is 7. The summed E-state index contributed by atoms with van der Waals surface area (Å²) in [4.78, 5) is 83.9. The van der Waals surface area contributed by atoms with Crippen LogP contribution >= 0.6 is 0 Å². The number of rotatable bonds is 39. The van der Waals surface area contributed by atoms with Crippen molar-refractivity contribution in [3.63, 3.8) is 0 Å². The van der Waals surface area contributed by atoms with Crippen molar-refractivity contribution in [2.45, 2.75) is 17.8 Å². The highest BCUT2D eigenvalue weighted by molar-refractivity contribution is 5.82. The van der Waals surface area contributed by atoms with Gasteiger partial charge >= 0.3 is 18.3 Å². The average Bonchev–Trinajstić information content (AvgIpc) is 1.64. The number of amides is 6. The molecule has 6 aromatic carbocycles. The van der Waals surface area contributed by atoms with E-state index in [1.165, 1.54) is 22.3 Å². The van der Waals surface area contributed by atoms with Crippen LogP contribution in [0.4, 0.5) is 14.4 Å². The molecule has 4 aliphatic rings. The van der Waals surface area contributed by atoms with Crippen molar-refractivity contribution in [2.24, 2.45) is 0 Å². The van der Waals surface area contributed by atoms with E-state index in [1.54, 1.807) is 0 Å². The van der Waals surface area contributed by atoms with Crippen molar-refractivity contribution in [1.82, 2.24) is 51.9 Å². The summed E-state index contributed by atoms with van der Waals surface area (Å²) in [6.07, 6.45) is -1.52. The number of hydrogen-bond acceptors (Lipinski definition) is 19. The first-order chi connectivity index (χ1) is 50.2. The molecule has 0 saturated carbocycles. The normalized spacial score (nSPS) is 14.7. The molecule has 1 fully saturated rings. The quantitative estimate of drug-likeness (QED) is 0.0184. The van der Waals surface area contributed by atoms with E-state index < -0.39 is 18.3 Å². The molecule has 6 amide bonds. The van der Waals surface area contributed by atoms with Gasteiger partial charge in [-0.3, -0.25) is 29.1 Å². The second-order valence-electron chi connectivity index (χ2n) is 25.1. The van der Waals surface area contributed by atoms with Gasteiger partial charge in [-0.05, 0) is 66.8 Å². The number of hydrogen-bond donors (Lipinski definition) is 7. The number of ether oxygens (including phenoxy) is 9. The van der Waals surface area contributed by atoms with Crippen LogP contribution in [0.25, 0.3) is 33.4 Å². The Labute approximate surface area is 597 Å². The fourth-order valence-corrected chi connectivity index (χ4v) is 13.1. The molecule has 546 valence electrons. The molecule has 3 aliphatic carbocycles. The van der Waals surface area contributed by atoms with Crippen molar-refractivity contribution in [2.75, 3.05) is 210 Å². The van der Waals surface area contributed by atoms with Crippen LogP contribution in [0.2, 0.25) is 0 Å². The molecule has 0 radical (unpaired) electrons. The Bertz CT molecular complexity index is 3350. The Morgan fingerprint density at radius 1 is 0.294 bits per heavy atom. The Kier molecular flexibility index (Phi) is 31.1. The van der Waals surface area contributed by atoms with Gasteiger partial charge in [-0.25, -0.2) is 14.4 Å². The van der Waals surface area contributed by atoms with Gasteiger partial charge in [0.1, 0.15) is 19.8 Å². The van der Waals surface area contributed by atoms with Crippen LogP contribution in [-0.4, -0.2) is 261 Å². The molecule has 1 saturated heterocycles. The van der Waals surface area contributed by atoms with Gasteiger partial charge in [-0.2, -0.15) is 0 Å². The van der Waals surface area contributed by atoms with Crippen LogP contribution in [0.1, 0.15) is 51.1 Å². The third kappa shape index (κ3) is 23.6. The standard InChI is InChI=1S/C77H98N10O15/c88-72(79-27-39-94-45-48-97-42-30-82-75(91)100-54-69-63-19-7-1-13-57(63)58-14-2-8-20-64(58)69)51-85-33-25-78-26-34-86(52-73(89)80-28-40-95-46-49-98-43-31-83-76(92)101-55-70-65-21-9-3-15-59(65)60-16-4-10-22-66(60)70)36-38-87(37-35-85)53-74(90)81-29-41-96-47-50-99-44-32-84-77(93)102-56-71-67-23-11-5-17-61(67)62-18-6-12-24-68(62)71/h1-24,69-71,78H,25-56H2,(H,79,88)(H,80,89)(H,81,90)(H,82,91)(H,83,92)(H,84,93). The molecule has 6 aromatic rings. The first-order valence-electron chi connectivity index (χ1n) is 35.6. The van der Waals surface area contributed by atoms with Gasteiger partial charge in [-0.1, -0.05) is 146 Å². The van der Waals surface area contributed by atoms with Gasteiger partial charge in [0.25, 0.3) is 0 Å². The zero-order valence-corrected chi connectivity index (χ0v) is 58.2. The monoisotopic (exact) mass is 1400 g/mol. The molecule has 0 unspecified atom stereocenters. The Morgan fingerprint density at radius 3 is 0.755 bits per heavy atom. The minimum atomic E-state index is -0.509. The largest absolute Gasteiger partial charge is 0.449 e. The van der Waals surface area contributed by atoms with E-state index in [4.69, 9.17) is 42.6 Å². The lowest BCUT2D eigenvalue weighted by atomic mass is 9.98. The van der Waals surface area contributed by atoms with Crippen molar-refractivity contribution in [1.29, 1.82) is 0 Å². The summed E-state index contributed by atoms with van der Waals surface area (Å²) < 4.78 is 51.0. The maximum atomic E-state index is 13.5. The van der Waals surface area contributed by atoms with Crippen LogP contribution in [0.5, 0.6) is 0 Å². The number of fused-ring (bicyclic) bond motifs is 9. The van der Waals surface area contributed by atoms with E-state index in [0.29, 0.717) is 105 Å². The molecule has 1 heterocycles. The highest BCUT2D eigenvalue weighted by Crippen LogP contribution is 2.47. The highest BCUT2D eigenvalue weighted by Gasteiger charge is 2.32. The summed E-state index contributed by atoms with van der Waals surface area (Å²) in [5, 5.41) is 20.6. The van der Waals surface area contributed by atoms with Crippen LogP contribution in [0.15, 0.2) is 146 Å². The van der Waals surface area contributed by atoms with Crippen molar-refractivity contribution in [3.8, 4) is 33.4 Å². The third-order valence-corrected chi connectivity index (χ3v) is 18.2. The molecular weight excluding hydrogens is 1300 g/mol. The van der Waals surface area contributed by atoms with Crippen molar-refractivity contribution >= 4 is 36.0 Å². The molecular formula is C77H98N10O15. The van der Waals surface area contributed by atoms with Gasteiger partial charge in [0.15, 0.2) is 0 Å².